The van der Waals surface area contributed by atoms with Crippen molar-refractivity contribution in [3.63, 3.8) is 0 Å². The van der Waals surface area contributed by atoms with Crippen LogP contribution in [0.1, 0.15) is 40.9 Å². The maximum Gasteiger partial charge on any atom is 0.0748 e. The van der Waals surface area contributed by atoms with E-state index in [1.165, 1.54) is 20.2 Å². The molecule has 0 bridgehead atoms. The highest BCUT2D eigenvalue weighted by atomic mass is 79.9. The van der Waals surface area contributed by atoms with Crippen molar-refractivity contribution < 1.29 is 0 Å². The Hall–Kier alpha value is -0.250. The quantitative estimate of drug-likeness (QED) is 0.463. The van der Waals surface area contributed by atoms with Crippen LogP contribution in [0.5, 0.6) is 0 Å². The summed E-state index contributed by atoms with van der Waals surface area (Å²) < 4.78 is 0. The Morgan fingerprint density at radius 1 is 1.11 bits per heavy atom. The van der Waals surface area contributed by atoms with Crippen LogP contribution in [-0.4, -0.2) is 6.26 Å². The third-order valence-corrected chi connectivity index (χ3v) is 6.70. The molecule has 2 aromatic rings. The number of thioether (sulfide) groups is 1. The Balaban J connectivity index is 2.34. The van der Waals surface area contributed by atoms with Crippen molar-refractivity contribution >= 4 is 39.0 Å². The van der Waals surface area contributed by atoms with E-state index in [9.17, 15) is 0 Å². The van der Waals surface area contributed by atoms with E-state index < -0.39 is 0 Å². The largest absolute Gasteiger partial charge is 0.143 e. The highest BCUT2D eigenvalue weighted by molar-refractivity contribution is 9.09. The second kappa shape index (κ2) is 6.02. The number of halogens is 1. The van der Waals surface area contributed by atoms with E-state index >= 15 is 0 Å². The maximum absolute atomic E-state index is 3.86. The minimum Gasteiger partial charge on any atom is -0.143 e. The summed E-state index contributed by atoms with van der Waals surface area (Å²) in [7, 11) is 0. The second-order valence-corrected chi connectivity index (χ2v) is 8.44. The fraction of sp³-hybridized carbons (Fsp3) is 0.375. The van der Waals surface area contributed by atoms with Gasteiger partial charge in [-0.1, -0.05) is 54.9 Å². The van der Waals surface area contributed by atoms with Gasteiger partial charge in [-0.15, -0.1) is 23.1 Å². The van der Waals surface area contributed by atoms with E-state index in [2.05, 4.69) is 79.4 Å². The van der Waals surface area contributed by atoms with Gasteiger partial charge in [-0.3, -0.25) is 0 Å². The van der Waals surface area contributed by atoms with Crippen molar-refractivity contribution in [2.75, 3.05) is 6.26 Å². The molecule has 3 heteroatoms. The maximum atomic E-state index is 3.86. The minimum absolute atomic E-state index is 0.231. The number of hydrogen-bond donors (Lipinski definition) is 0. The lowest BCUT2D eigenvalue weighted by Crippen LogP contribution is -2.07. The van der Waals surface area contributed by atoms with Crippen LogP contribution in [0.2, 0.25) is 0 Å². The van der Waals surface area contributed by atoms with E-state index in [1.807, 2.05) is 11.3 Å². The van der Waals surface area contributed by atoms with Gasteiger partial charge in [0.15, 0.2) is 0 Å². The summed E-state index contributed by atoms with van der Waals surface area (Å²) >= 11 is 7.57. The number of thiophene rings is 1. The molecule has 0 amide bonds. The number of rotatable bonds is 3. The first-order valence-corrected chi connectivity index (χ1v) is 9.26. The number of benzene rings is 1. The van der Waals surface area contributed by atoms with Crippen LogP contribution in [0.25, 0.3) is 0 Å². The van der Waals surface area contributed by atoms with E-state index in [4.69, 9.17) is 0 Å². The van der Waals surface area contributed by atoms with E-state index in [0.717, 1.165) is 0 Å². The molecule has 0 aliphatic rings. The van der Waals surface area contributed by atoms with Gasteiger partial charge in [0.25, 0.3) is 0 Å². The van der Waals surface area contributed by atoms with Crippen LogP contribution in [-0.2, 0) is 5.41 Å². The van der Waals surface area contributed by atoms with Crippen LogP contribution in [0.4, 0.5) is 0 Å². The van der Waals surface area contributed by atoms with Crippen molar-refractivity contribution in [1.82, 2.24) is 0 Å². The zero-order valence-corrected chi connectivity index (χ0v) is 15.0. The number of alkyl halides is 1. The molecule has 0 N–H and O–H groups in total. The normalized spacial score (nSPS) is 13.5. The third kappa shape index (κ3) is 3.45. The lowest BCUT2D eigenvalue weighted by atomic mass is 9.95. The molecule has 0 fully saturated rings. The molecule has 102 valence electrons. The summed E-state index contributed by atoms with van der Waals surface area (Å²) in [6, 6.07) is 13.1. The average molecular weight is 355 g/mol. The average Bonchev–Trinajstić information content (AvgIpc) is 2.87. The van der Waals surface area contributed by atoms with Crippen LogP contribution in [0.15, 0.2) is 41.3 Å². The Kier molecular flexibility index (Phi) is 4.80. The molecule has 0 saturated carbocycles. The molecule has 0 radical (unpaired) electrons. The molecule has 19 heavy (non-hydrogen) atoms. The highest BCUT2D eigenvalue weighted by Gasteiger charge is 2.20. The van der Waals surface area contributed by atoms with E-state index in [1.54, 1.807) is 11.8 Å². The van der Waals surface area contributed by atoms with Crippen LogP contribution >= 0.6 is 39.0 Å². The van der Waals surface area contributed by atoms with Gasteiger partial charge in [0.05, 0.1) is 4.83 Å². The van der Waals surface area contributed by atoms with Crippen molar-refractivity contribution in [1.29, 1.82) is 0 Å². The van der Waals surface area contributed by atoms with Gasteiger partial charge in [-0.25, -0.2) is 0 Å². The van der Waals surface area contributed by atoms with Crippen LogP contribution in [0.3, 0.4) is 0 Å². The van der Waals surface area contributed by atoms with Crippen LogP contribution < -0.4 is 0 Å². The van der Waals surface area contributed by atoms with Gasteiger partial charge >= 0.3 is 0 Å². The Bertz CT molecular complexity index is 552. The molecule has 0 saturated heterocycles. The molecule has 1 unspecified atom stereocenters. The summed E-state index contributed by atoms with van der Waals surface area (Å²) in [5.41, 5.74) is 1.59. The zero-order valence-electron chi connectivity index (χ0n) is 11.7. The lowest BCUT2D eigenvalue weighted by molar-refractivity contribution is 0.604. The second-order valence-electron chi connectivity index (χ2n) is 5.56. The Labute approximate surface area is 132 Å². The molecule has 1 aromatic heterocycles. The monoisotopic (exact) mass is 354 g/mol. The summed E-state index contributed by atoms with van der Waals surface area (Å²) in [6.07, 6.45) is 2.13. The highest BCUT2D eigenvalue weighted by Crippen LogP contribution is 2.41. The van der Waals surface area contributed by atoms with Crippen molar-refractivity contribution in [3.05, 3.63) is 51.7 Å². The van der Waals surface area contributed by atoms with Gasteiger partial charge in [0.2, 0.25) is 0 Å². The first kappa shape index (κ1) is 15.1. The third-order valence-electron chi connectivity index (χ3n) is 3.03. The van der Waals surface area contributed by atoms with Gasteiger partial charge in [-0.05, 0) is 35.4 Å². The van der Waals surface area contributed by atoms with Crippen molar-refractivity contribution in [2.24, 2.45) is 0 Å². The smallest absolute Gasteiger partial charge is 0.0748 e. The van der Waals surface area contributed by atoms with Gasteiger partial charge in [0, 0.05) is 14.6 Å². The summed E-state index contributed by atoms with van der Waals surface area (Å²) in [4.78, 5) is 4.45. The summed E-state index contributed by atoms with van der Waals surface area (Å²) in [5.74, 6) is 0. The van der Waals surface area contributed by atoms with E-state index in [-0.39, 0.29) is 10.2 Å². The minimum atomic E-state index is 0.231. The first-order valence-electron chi connectivity index (χ1n) is 6.30. The topological polar surface area (TPSA) is 0 Å². The molecule has 1 atom stereocenters. The Morgan fingerprint density at radius 3 is 2.37 bits per heavy atom. The van der Waals surface area contributed by atoms with Gasteiger partial charge in [0.1, 0.15) is 0 Å². The van der Waals surface area contributed by atoms with Crippen molar-refractivity contribution in [3.8, 4) is 0 Å². The molecular formula is C16H19BrS2. The fourth-order valence-electron chi connectivity index (χ4n) is 1.92. The van der Waals surface area contributed by atoms with Gasteiger partial charge < -0.3 is 0 Å². The molecular weight excluding hydrogens is 336 g/mol. The standard InChI is InChI=1S/C16H19BrS2/c1-16(2,3)14-10-9-13(19-14)15(17)11-7-5-6-8-12(11)18-4/h5-10,15H,1-4H3. The first-order chi connectivity index (χ1) is 8.93. The molecule has 0 nitrogen and oxygen atoms in total. The van der Waals surface area contributed by atoms with Crippen LogP contribution in [0, 0.1) is 0 Å². The molecule has 1 heterocycles. The van der Waals surface area contributed by atoms with Crippen molar-refractivity contribution in [2.45, 2.75) is 35.9 Å². The molecule has 0 aliphatic carbocycles. The molecule has 0 aliphatic heterocycles. The fourth-order valence-corrected chi connectivity index (χ4v) is 4.60. The number of hydrogen-bond acceptors (Lipinski definition) is 2. The molecule has 2 rings (SSSR count). The summed E-state index contributed by atoms with van der Waals surface area (Å²) in [6.45, 7) is 6.80. The predicted octanol–water partition coefficient (Wildman–Crippen LogP) is 6.25. The molecule has 1 aromatic carbocycles. The zero-order chi connectivity index (χ0) is 14.0. The van der Waals surface area contributed by atoms with Gasteiger partial charge in [-0.2, -0.15) is 0 Å². The van der Waals surface area contributed by atoms with E-state index in [0.29, 0.717) is 0 Å². The Morgan fingerprint density at radius 2 is 1.79 bits per heavy atom. The SMILES string of the molecule is CSc1ccccc1C(Br)c1ccc(C(C)(C)C)s1. The molecule has 0 spiro atoms. The summed E-state index contributed by atoms with van der Waals surface area (Å²) in [5, 5.41) is 0. The predicted molar refractivity (Wildman–Crippen MR) is 92.0 cm³/mol. The lowest BCUT2D eigenvalue weighted by Gasteiger charge is -2.16.